The third-order valence-electron chi connectivity index (χ3n) is 2.98. The van der Waals surface area contributed by atoms with Gasteiger partial charge in [0.2, 0.25) is 11.8 Å². The van der Waals surface area contributed by atoms with E-state index in [1.807, 2.05) is 0 Å². The van der Waals surface area contributed by atoms with E-state index in [1.54, 1.807) is 0 Å². The van der Waals surface area contributed by atoms with Crippen molar-refractivity contribution in [3.8, 4) is 0 Å². The van der Waals surface area contributed by atoms with E-state index in [2.05, 4.69) is 10.1 Å². The molecule has 0 bridgehead atoms. The molecule has 0 spiro atoms. The zero-order valence-electron chi connectivity index (χ0n) is 10.3. The van der Waals surface area contributed by atoms with Gasteiger partial charge >= 0.3 is 6.18 Å². The summed E-state index contributed by atoms with van der Waals surface area (Å²) in [5.74, 6) is -1.62. The molecule has 0 heterocycles. The number of hydrogen-bond donors (Lipinski definition) is 2. The molecule has 0 aliphatic heterocycles. The third-order valence-corrected chi connectivity index (χ3v) is 2.98. The molecule has 5 nitrogen and oxygen atoms in total. The lowest BCUT2D eigenvalue weighted by Gasteiger charge is -2.29. The molecule has 2 amide bonds. The van der Waals surface area contributed by atoms with Crippen molar-refractivity contribution in [3.05, 3.63) is 0 Å². The summed E-state index contributed by atoms with van der Waals surface area (Å²) in [4.78, 5) is 22.6. The first-order valence-electron chi connectivity index (χ1n) is 6.03. The molecule has 8 heteroatoms. The van der Waals surface area contributed by atoms with Crippen LogP contribution in [0.3, 0.4) is 0 Å². The molecule has 0 aromatic heterocycles. The number of ether oxygens (including phenoxy) is 1. The van der Waals surface area contributed by atoms with Crippen LogP contribution in [0.2, 0.25) is 0 Å². The Hall–Kier alpha value is -1.31. The predicted molar refractivity (Wildman–Crippen MR) is 60.0 cm³/mol. The molecule has 1 aliphatic carbocycles. The Balaban J connectivity index is 2.36. The van der Waals surface area contributed by atoms with Gasteiger partial charge < -0.3 is 15.8 Å². The topological polar surface area (TPSA) is 81.4 Å². The SMILES string of the molecule is NC(=O)[C@@H]1CCCC[C@@H]1NC(=O)COCC(F)(F)F. The first-order chi connectivity index (χ1) is 8.79. The molecule has 2 atom stereocenters. The Labute approximate surface area is 108 Å². The van der Waals surface area contributed by atoms with E-state index in [-0.39, 0.29) is 0 Å². The van der Waals surface area contributed by atoms with Gasteiger partial charge in [0.15, 0.2) is 0 Å². The largest absolute Gasteiger partial charge is 0.411 e. The summed E-state index contributed by atoms with van der Waals surface area (Å²) < 4.78 is 39.7. The maximum Gasteiger partial charge on any atom is 0.411 e. The van der Waals surface area contributed by atoms with Gasteiger partial charge in [-0.25, -0.2) is 0 Å². The zero-order valence-corrected chi connectivity index (χ0v) is 10.3. The fourth-order valence-corrected chi connectivity index (χ4v) is 2.15. The minimum Gasteiger partial charge on any atom is -0.369 e. The second-order valence-electron chi connectivity index (χ2n) is 4.58. The average Bonchev–Trinajstić information content (AvgIpc) is 2.27. The maximum absolute atomic E-state index is 11.8. The monoisotopic (exact) mass is 282 g/mol. The van der Waals surface area contributed by atoms with E-state index in [0.29, 0.717) is 12.8 Å². The van der Waals surface area contributed by atoms with E-state index in [9.17, 15) is 22.8 Å². The molecule has 0 aromatic carbocycles. The maximum atomic E-state index is 11.8. The molecule has 3 N–H and O–H groups in total. The number of nitrogens with one attached hydrogen (secondary N) is 1. The predicted octanol–water partition coefficient (Wildman–Crippen LogP) is 0.726. The molecule has 1 saturated carbocycles. The van der Waals surface area contributed by atoms with Crippen LogP contribution in [0.5, 0.6) is 0 Å². The average molecular weight is 282 g/mol. The zero-order chi connectivity index (χ0) is 14.5. The number of hydrogen-bond acceptors (Lipinski definition) is 3. The number of carbonyl (C=O) groups is 2. The van der Waals surface area contributed by atoms with E-state index < -0.39 is 43.2 Å². The summed E-state index contributed by atoms with van der Waals surface area (Å²) in [7, 11) is 0. The molecule has 110 valence electrons. The molecule has 19 heavy (non-hydrogen) atoms. The summed E-state index contributed by atoms with van der Waals surface area (Å²) in [6, 6.07) is -0.409. The molecule has 1 rings (SSSR count). The van der Waals surface area contributed by atoms with Crippen LogP contribution in [0, 0.1) is 5.92 Å². The highest BCUT2D eigenvalue weighted by Crippen LogP contribution is 2.24. The van der Waals surface area contributed by atoms with E-state index in [4.69, 9.17) is 5.73 Å². The molecule has 0 unspecified atom stereocenters. The Bertz CT molecular complexity index is 334. The Morgan fingerprint density at radius 1 is 1.26 bits per heavy atom. The quantitative estimate of drug-likeness (QED) is 0.779. The number of primary amides is 1. The lowest BCUT2D eigenvalue weighted by molar-refractivity contribution is -0.175. The van der Waals surface area contributed by atoms with Crippen LogP contribution >= 0.6 is 0 Å². The van der Waals surface area contributed by atoms with Gasteiger partial charge in [0.25, 0.3) is 0 Å². The molecule has 1 aliphatic rings. The minimum absolute atomic E-state index is 0.409. The molecule has 1 fully saturated rings. The highest BCUT2D eigenvalue weighted by Gasteiger charge is 2.31. The van der Waals surface area contributed by atoms with Crippen LogP contribution < -0.4 is 11.1 Å². The first kappa shape index (κ1) is 15.7. The fourth-order valence-electron chi connectivity index (χ4n) is 2.15. The minimum atomic E-state index is -4.46. The van der Waals surface area contributed by atoms with Crippen molar-refractivity contribution >= 4 is 11.8 Å². The van der Waals surface area contributed by atoms with Gasteiger partial charge in [-0.2, -0.15) is 13.2 Å². The number of carbonyl (C=O) groups excluding carboxylic acids is 2. The fraction of sp³-hybridized carbons (Fsp3) is 0.818. The van der Waals surface area contributed by atoms with Crippen LogP contribution in [0.15, 0.2) is 0 Å². The Morgan fingerprint density at radius 2 is 1.89 bits per heavy atom. The van der Waals surface area contributed by atoms with Gasteiger partial charge in [-0.1, -0.05) is 12.8 Å². The smallest absolute Gasteiger partial charge is 0.369 e. The van der Waals surface area contributed by atoms with Crippen LogP contribution in [0.25, 0.3) is 0 Å². The van der Waals surface area contributed by atoms with Crippen molar-refractivity contribution < 1.29 is 27.5 Å². The number of amides is 2. The van der Waals surface area contributed by atoms with E-state index in [0.717, 1.165) is 12.8 Å². The van der Waals surface area contributed by atoms with Gasteiger partial charge in [-0.3, -0.25) is 9.59 Å². The van der Waals surface area contributed by atoms with E-state index in [1.165, 1.54) is 0 Å². The summed E-state index contributed by atoms with van der Waals surface area (Å²) in [6.07, 6.45) is -1.58. The van der Waals surface area contributed by atoms with Crippen molar-refractivity contribution in [2.24, 2.45) is 11.7 Å². The summed E-state index contributed by atoms with van der Waals surface area (Å²) in [6.45, 7) is -2.15. The third kappa shape index (κ3) is 5.91. The lowest BCUT2D eigenvalue weighted by atomic mass is 9.84. The number of halogens is 3. The van der Waals surface area contributed by atoms with Crippen LogP contribution in [0.1, 0.15) is 25.7 Å². The summed E-state index contributed by atoms with van der Waals surface area (Å²) in [5.41, 5.74) is 5.22. The van der Waals surface area contributed by atoms with Gasteiger partial charge in [-0.05, 0) is 12.8 Å². The second kappa shape index (κ2) is 6.74. The Kier molecular flexibility index (Phi) is 5.59. The van der Waals surface area contributed by atoms with Crippen molar-refractivity contribution in [1.29, 1.82) is 0 Å². The van der Waals surface area contributed by atoms with Gasteiger partial charge in [-0.15, -0.1) is 0 Å². The standard InChI is InChI=1S/C11H17F3N2O3/c12-11(13,14)6-19-5-9(17)16-8-4-2-1-3-7(8)10(15)18/h7-8H,1-6H2,(H2,15,18)(H,16,17)/t7-,8+/m1/s1. The van der Waals surface area contributed by atoms with Crippen LogP contribution in [-0.2, 0) is 14.3 Å². The van der Waals surface area contributed by atoms with Crippen LogP contribution in [-0.4, -0.2) is 37.2 Å². The Morgan fingerprint density at radius 3 is 2.47 bits per heavy atom. The first-order valence-corrected chi connectivity index (χ1v) is 6.03. The van der Waals surface area contributed by atoms with Crippen LogP contribution in [0.4, 0.5) is 13.2 Å². The number of alkyl halides is 3. The highest BCUT2D eigenvalue weighted by molar-refractivity contribution is 5.81. The molecular weight excluding hydrogens is 265 g/mol. The summed E-state index contributed by atoms with van der Waals surface area (Å²) >= 11 is 0. The van der Waals surface area contributed by atoms with Gasteiger partial charge in [0.1, 0.15) is 13.2 Å². The van der Waals surface area contributed by atoms with Crippen molar-refractivity contribution in [2.75, 3.05) is 13.2 Å². The second-order valence-corrected chi connectivity index (χ2v) is 4.58. The summed E-state index contributed by atoms with van der Waals surface area (Å²) in [5, 5.41) is 2.50. The number of nitrogens with two attached hydrogens (primary N) is 1. The van der Waals surface area contributed by atoms with E-state index >= 15 is 0 Å². The molecular formula is C11H17F3N2O3. The van der Waals surface area contributed by atoms with Gasteiger partial charge in [0, 0.05) is 6.04 Å². The molecule has 0 saturated heterocycles. The number of rotatable bonds is 5. The van der Waals surface area contributed by atoms with Crippen molar-refractivity contribution in [2.45, 2.75) is 37.9 Å². The molecule has 0 aromatic rings. The van der Waals surface area contributed by atoms with Gasteiger partial charge in [0.05, 0.1) is 5.92 Å². The highest BCUT2D eigenvalue weighted by atomic mass is 19.4. The normalized spacial score (nSPS) is 23.9. The van der Waals surface area contributed by atoms with Crippen molar-refractivity contribution in [3.63, 3.8) is 0 Å². The lowest BCUT2D eigenvalue weighted by Crippen LogP contribution is -2.48. The van der Waals surface area contributed by atoms with Crippen molar-refractivity contribution in [1.82, 2.24) is 5.32 Å². The molecule has 0 radical (unpaired) electrons.